The van der Waals surface area contributed by atoms with Crippen LogP contribution in [0.25, 0.3) is 33.4 Å². The zero-order chi connectivity index (χ0) is 21.8. The van der Waals surface area contributed by atoms with Gasteiger partial charge in [0.2, 0.25) is 5.91 Å². The first-order chi connectivity index (χ1) is 15.8. The molecular weight excluding hydrogens is 416 g/mol. The van der Waals surface area contributed by atoms with Gasteiger partial charge in [0.05, 0.1) is 5.75 Å². The minimum absolute atomic E-state index is 0.106. The van der Waals surface area contributed by atoms with Crippen molar-refractivity contribution in [1.82, 2.24) is 4.98 Å². The number of amides is 1. The maximum absolute atomic E-state index is 12.6. The van der Waals surface area contributed by atoms with Gasteiger partial charge >= 0.3 is 0 Å². The van der Waals surface area contributed by atoms with E-state index in [1.165, 1.54) is 11.8 Å². The Morgan fingerprint density at radius 1 is 0.781 bits per heavy atom. The van der Waals surface area contributed by atoms with Crippen LogP contribution in [0.4, 0.5) is 5.69 Å². The lowest BCUT2D eigenvalue weighted by Gasteiger charge is -2.05. The van der Waals surface area contributed by atoms with Crippen LogP contribution in [0.5, 0.6) is 0 Å². The van der Waals surface area contributed by atoms with Gasteiger partial charge in [-0.25, -0.2) is 4.98 Å². The Bertz CT molecular complexity index is 1310. The highest BCUT2D eigenvalue weighted by molar-refractivity contribution is 7.99. The molecule has 0 saturated heterocycles. The monoisotopic (exact) mass is 436 g/mol. The zero-order valence-electron chi connectivity index (χ0n) is 17.2. The van der Waals surface area contributed by atoms with Crippen LogP contribution in [0, 0.1) is 0 Å². The van der Waals surface area contributed by atoms with Gasteiger partial charge < -0.3 is 9.73 Å². The van der Waals surface area contributed by atoms with Crippen molar-refractivity contribution in [3.05, 3.63) is 103 Å². The molecule has 156 valence electrons. The van der Waals surface area contributed by atoms with Crippen molar-refractivity contribution in [2.24, 2.45) is 0 Å². The Kier molecular flexibility index (Phi) is 5.73. The van der Waals surface area contributed by atoms with Gasteiger partial charge in [-0.1, -0.05) is 103 Å². The van der Waals surface area contributed by atoms with Crippen molar-refractivity contribution < 1.29 is 9.21 Å². The number of hydrogen-bond donors (Lipinski definition) is 1. The van der Waals surface area contributed by atoms with Crippen molar-refractivity contribution in [2.75, 3.05) is 11.1 Å². The molecule has 1 aromatic heterocycles. The second-order valence-electron chi connectivity index (χ2n) is 7.29. The number of fused-ring (bicyclic) bond motifs is 1. The Balaban J connectivity index is 1.33. The normalized spacial score (nSPS) is 10.9. The van der Waals surface area contributed by atoms with Crippen molar-refractivity contribution in [3.63, 3.8) is 0 Å². The van der Waals surface area contributed by atoms with Gasteiger partial charge in [0, 0.05) is 16.8 Å². The van der Waals surface area contributed by atoms with Crippen LogP contribution < -0.4 is 5.32 Å². The molecule has 0 unspecified atom stereocenters. The predicted molar refractivity (Wildman–Crippen MR) is 131 cm³/mol. The summed E-state index contributed by atoms with van der Waals surface area (Å²) in [6.07, 6.45) is 0. The second kappa shape index (κ2) is 9.12. The largest absolute Gasteiger partial charge is 0.431 e. The second-order valence-corrected chi connectivity index (χ2v) is 8.21. The van der Waals surface area contributed by atoms with Crippen LogP contribution >= 0.6 is 11.8 Å². The number of anilines is 1. The molecule has 5 heteroatoms. The number of oxazole rings is 1. The van der Waals surface area contributed by atoms with Crippen LogP contribution in [0.15, 0.2) is 113 Å². The van der Waals surface area contributed by atoms with E-state index in [9.17, 15) is 4.79 Å². The summed E-state index contributed by atoms with van der Waals surface area (Å²) in [5.74, 6) is 0.802. The van der Waals surface area contributed by atoms with Gasteiger partial charge in [-0.05, 0) is 22.9 Å². The molecule has 0 fully saturated rings. The number of nitrogens with zero attached hydrogens (tertiary/aromatic N) is 1. The third-order valence-electron chi connectivity index (χ3n) is 5.05. The lowest BCUT2D eigenvalue weighted by molar-refractivity contribution is -0.113. The molecule has 0 aliphatic rings. The molecule has 32 heavy (non-hydrogen) atoms. The van der Waals surface area contributed by atoms with E-state index >= 15 is 0 Å². The number of thioether (sulfide) groups is 1. The number of rotatable bonds is 6. The first-order valence-corrected chi connectivity index (χ1v) is 11.3. The van der Waals surface area contributed by atoms with Crippen LogP contribution in [0.2, 0.25) is 0 Å². The van der Waals surface area contributed by atoms with Gasteiger partial charge in [0.1, 0.15) is 5.69 Å². The van der Waals surface area contributed by atoms with Gasteiger partial charge in [-0.2, -0.15) is 0 Å². The third kappa shape index (κ3) is 4.43. The Labute approximate surface area is 190 Å². The summed E-state index contributed by atoms with van der Waals surface area (Å²) in [5.41, 5.74) is 3.47. The Hall–Kier alpha value is -3.83. The molecule has 1 N–H and O–H groups in total. The number of aromatic nitrogens is 1. The van der Waals surface area contributed by atoms with Crippen molar-refractivity contribution >= 4 is 34.1 Å². The topological polar surface area (TPSA) is 55.1 Å². The van der Waals surface area contributed by atoms with Gasteiger partial charge in [-0.15, -0.1) is 0 Å². The summed E-state index contributed by atoms with van der Waals surface area (Å²) < 4.78 is 6.09. The molecule has 0 aliphatic carbocycles. The third-order valence-corrected chi connectivity index (χ3v) is 5.88. The SMILES string of the molecule is O=C(CSc1nc(-c2ccccc2)c(-c2ccccc2)o1)Nc1ccc2ccccc2c1. The maximum Gasteiger partial charge on any atom is 0.257 e. The molecule has 4 nitrogen and oxygen atoms in total. The maximum atomic E-state index is 12.6. The van der Waals surface area contributed by atoms with E-state index in [0.717, 1.165) is 33.3 Å². The predicted octanol–water partition coefficient (Wildman–Crippen LogP) is 6.89. The summed E-state index contributed by atoms with van der Waals surface area (Å²) in [5, 5.41) is 5.66. The average molecular weight is 437 g/mol. The highest BCUT2D eigenvalue weighted by Crippen LogP contribution is 2.35. The van der Waals surface area contributed by atoms with E-state index in [-0.39, 0.29) is 11.7 Å². The minimum Gasteiger partial charge on any atom is -0.431 e. The van der Waals surface area contributed by atoms with Crippen LogP contribution in [-0.2, 0) is 4.79 Å². The molecule has 0 atom stereocenters. The summed E-state index contributed by atoms with van der Waals surface area (Å²) in [4.78, 5) is 17.2. The average Bonchev–Trinajstić information content (AvgIpc) is 3.28. The molecule has 0 aliphatic heterocycles. The molecule has 1 heterocycles. The highest BCUT2D eigenvalue weighted by Gasteiger charge is 2.18. The summed E-state index contributed by atoms with van der Waals surface area (Å²) in [6, 6.07) is 33.8. The minimum atomic E-state index is -0.106. The summed E-state index contributed by atoms with van der Waals surface area (Å²) in [7, 11) is 0. The summed E-state index contributed by atoms with van der Waals surface area (Å²) in [6.45, 7) is 0. The first kappa shape index (κ1) is 20.1. The molecule has 5 rings (SSSR count). The zero-order valence-corrected chi connectivity index (χ0v) is 18.0. The van der Waals surface area contributed by atoms with E-state index in [1.54, 1.807) is 0 Å². The number of carbonyl (C=O) groups excluding carboxylic acids is 1. The molecule has 0 radical (unpaired) electrons. The highest BCUT2D eigenvalue weighted by atomic mass is 32.2. The smallest absolute Gasteiger partial charge is 0.257 e. The van der Waals surface area contributed by atoms with Crippen LogP contribution in [0.1, 0.15) is 0 Å². The molecule has 4 aromatic carbocycles. The van der Waals surface area contributed by atoms with Gasteiger partial charge in [0.25, 0.3) is 5.22 Å². The van der Waals surface area contributed by atoms with Gasteiger partial charge in [0.15, 0.2) is 5.76 Å². The molecular formula is C27H20N2O2S. The lowest BCUT2D eigenvalue weighted by Crippen LogP contribution is -2.13. The quantitative estimate of drug-likeness (QED) is 0.294. The number of benzene rings is 4. The van der Waals surface area contributed by atoms with Gasteiger partial charge in [-0.3, -0.25) is 4.79 Å². The summed E-state index contributed by atoms with van der Waals surface area (Å²) >= 11 is 1.29. The van der Waals surface area contributed by atoms with Crippen LogP contribution in [0.3, 0.4) is 0 Å². The fraction of sp³-hybridized carbons (Fsp3) is 0.0370. The fourth-order valence-electron chi connectivity index (χ4n) is 3.53. The van der Waals surface area contributed by atoms with Crippen LogP contribution in [-0.4, -0.2) is 16.6 Å². The first-order valence-electron chi connectivity index (χ1n) is 10.3. The number of carbonyl (C=O) groups is 1. The fourth-order valence-corrected chi connectivity index (χ4v) is 4.16. The lowest BCUT2D eigenvalue weighted by atomic mass is 10.1. The van der Waals surface area contributed by atoms with E-state index in [1.807, 2.05) is 103 Å². The Morgan fingerprint density at radius 3 is 2.19 bits per heavy atom. The molecule has 0 saturated carbocycles. The molecule has 0 bridgehead atoms. The van der Waals surface area contributed by atoms with Crippen molar-refractivity contribution in [2.45, 2.75) is 5.22 Å². The Morgan fingerprint density at radius 2 is 1.44 bits per heavy atom. The number of hydrogen-bond acceptors (Lipinski definition) is 4. The van der Waals surface area contributed by atoms with Crippen molar-refractivity contribution in [1.29, 1.82) is 0 Å². The number of nitrogens with one attached hydrogen (secondary N) is 1. The van der Waals surface area contributed by atoms with E-state index in [2.05, 4.69) is 5.32 Å². The van der Waals surface area contributed by atoms with Crippen molar-refractivity contribution in [3.8, 4) is 22.6 Å². The molecule has 1 amide bonds. The van der Waals surface area contributed by atoms with E-state index in [4.69, 9.17) is 9.40 Å². The van der Waals surface area contributed by atoms with E-state index in [0.29, 0.717) is 11.0 Å². The molecule has 5 aromatic rings. The molecule has 0 spiro atoms. The standard InChI is InChI=1S/C27H20N2O2S/c30-24(28-23-16-15-19-9-7-8-14-22(19)17-23)18-32-27-29-25(20-10-3-1-4-11-20)26(31-27)21-12-5-2-6-13-21/h1-17H,18H2,(H,28,30). The van der Waals surface area contributed by atoms with E-state index < -0.39 is 0 Å².